The summed E-state index contributed by atoms with van der Waals surface area (Å²) in [5, 5.41) is 11.1. The monoisotopic (exact) mass is 524 g/mol. The highest BCUT2D eigenvalue weighted by Crippen LogP contribution is 2.01. The van der Waals surface area contributed by atoms with Crippen LogP contribution in [0.15, 0.2) is 0 Å². The summed E-state index contributed by atoms with van der Waals surface area (Å²) >= 11 is 3.59. The molecule has 0 aromatic rings. The Hall–Kier alpha value is -0.170. The van der Waals surface area contributed by atoms with Gasteiger partial charge in [-0.15, -0.1) is 0 Å². The van der Waals surface area contributed by atoms with Gasteiger partial charge in [0.15, 0.2) is 0 Å². The first-order valence-electron chi connectivity index (χ1n) is 6.72. The van der Waals surface area contributed by atoms with Crippen molar-refractivity contribution in [3.63, 3.8) is 0 Å². The number of hydrogen-bond donors (Lipinski definition) is 4. The van der Waals surface area contributed by atoms with Gasteiger partial charge in [-0.2, -0.15) is 0 Å². The first-order chi connectivity index (χ1) is 10.0. The molecular formula is C12H22I2N4O3. The number of hydrogen-bond acceptors (Lipinski definition) is 4. The Morgan fingerprint density at radius 3 is 2.29 bits per heavy atom. The van der Waals surface area contributed by atoms with Crippen LogP contribution < -0.4 is 21.3 Å². The van der Waals surface area contributed by atoms with Crippen molar-refractivity contribution in [3.8, 4) is 0 Å². The summed E-state index contributed by atoms with van der Waals surface area (Å²) in [6.07, 6.45) is 2.41. The average Bonchev–Trinajstić information content (AvgIpc) is 2.46. The fraction of sp³-hybridized carbons (Fsp3) is 0.750. The predicted molar refractivity (Wildman–Crippen MR) is 99.0 cm³/mol. The smallest absolute Gasteiger partial charge is 0.280 e. The quantitative estimate of drug-likeness (QED) is 0.104. The lowest BCUT2D eigenvalue weighted by atomic mass is 10.1. The fourth-order valence-corrected chi connectivity index (χ4v) is 2.11. The molecule has 0 fully saturated rings. The zero-order valence-electron chi connectivity index (χ0n) is 12.0. The average molecular weight is 524 g/mol. The lowest BCUT2D eigenvalue weighted by molar-refractivity contribution is -0.128. The van der Waals surface area contributed by atoms with Crippen LogP contribution >= 0.6 is 45.2 Å². The topological polar surface area (TPSA) is 99.3 Å². The van der Waals surface area contributed by atoms with Crippen LogP contribution in [0.5, 0.6) is 0 Å². The third kappa shape index (κ3) is 12.1. The van der Waals surface area contributed by atoms with E-state index in [-0.39, 0.29) is 15.7 Å². The van der Waals surface area contributed by atoms with E-state index in [4.69, 9.17) is 0 Å². The largest absolute Gasteiger partial charge is 0.353 e. The van der Waals surface area contributed by atoms with Gasteiger partial charge in [0, 0.05) is 35.7 Å². The van der Waals surface area contributed by atoms with E-state index < -0.39 is 6.04 Å². The van der Waals surface area contributed by atoms with Crippen molar-refractivity contribution < 1.29 is 14.4 Å². The van der Waals surface area contributed by atoms with Gasteiger partial charge < -0.3 is 21.3 Å². The highest BCUT2D eigenvalue weighted by atomic mass is 127. The highest BCUT2D eigenvalue weighted by Gasteiger charge is 2.19. The number of rotatable bonds is 11. The van der Waals surface area contributed by atoms with E-state index >= 15 is 0 Å². The number of alkyl halides is 1. The van der Waals surface area contributed by atoms with Gasteiger partial charge in [-0.1, -0.05) is 22.6 Å². The standard InChI is InChI=1S/C12H22I2N4O3/c1-15-5-3-2-4-9(18-10(19)8-13)11(20)16-6-7-17-12(14)21/h9,15H,2-8H2,1H3,(H,16,20)(H,17,21)(H,18,19)/t9-/m1/s1. The zero-order chi connectivity index (χ0) is 16.1. The Morgan fingerprint density at radius 2 is 1.71 bits per heavy atom. The summed E-state index contributed by atoms with van der Waals surface area (Å²) < 4.78 is 0.159. The van der Waals surface area contributed by atoms with Gasteiger partial charge >= 0.3 is 0 Å². The van der Waals surface area contributed by atoms with Crippen LogP contribution in [0.4, 0.5) is 4.79 Å². The van der Waals surface area contributed by atoms with Crippen molar-refractivity contribution in [2.24, 2.45) is 0 Å². The number of unbranched alkanes of at least 4 members (excludes halogenated alkanes) is 1. The van der Waals surface area contributed by atoms with E-state index in [0.717, 1.165) is 19.4 Å². The molecule has 122 valence electrons. The number of nitrogens with one attached hydrogen (secondary N) is 4. The van der Waals surface area contributed by atoms with E-state index in [1.54, 1.807) is 22.6 Å². The Balaban J connectivity index is 4.17. The first kappa shape index (κ1) is 20.8. The molecule has 0 radical (unpaired) electrons. The second kappa shape index (κ2) is 13.5. The summed E-state index contributed by atoms with van der Waals surface area (Å²) in [5.74, 6) is -0.356. The minimum Gasteiger partial charge on any atom is -0.353 e. The van der Waals surface area contributed by atoms with E-state index in [0.29, 0.717) is 23.9 Å². The van der Waals surface area contributed by atoms with Crippen molar-refractivity contribution >= 4 is 60.9 Å². The van der Waals surface area contributed by atoms with Gasteiger partial charge in [-0.25, -0.2) is 0 Å². The maximum absolute atomic E-state index is 12.0. The summed E-state index contributed by atoms with van der Waals surface area (Å²) in [7, 11) is 1.88. The normalized spacial score (nSPS) is 11.6. The van der Waals surface area contributed by atoms with E-state index in [1.165, 1.54) is 0 Å². The van der Waals surface area contributed by atoms with E-state index in [1.807, 2.05) is 29.6 Å². The molecule has 0 bridgehead atoms. The second-order valence-corrected chi connectivity index (χ2v) is 6.09. The molecule has 9 heteroatoms. The molecule has 0 unspecified atom stereocenters. The number of halogens is 2. The van der Waals surface area contributed by atoms with Crippen LogP contribution in [-0.4, -0.2) is 52.9 Å². The van der Waals surface area contributed by atoms with Crippen molar-refractivity contribution in [3.05, 3.63) is 0 Å². The molecule has 0 spiro atoms. The van der Waals surface area contributed by atoms with Crippen molar-refractivity contribution in [2.45, 2.75) is 25.3 Å². The van der Waals surface area contributed by atoms with E-state index in [2.05, 4.69) is 21.3 Å². The molecule has 7 nitrogen and oxygen atoms in total. The van der Waals surface area contributed by atoms with Crippen molar-refractivity contribution in [2.75, 3.05) is 31.1 Å². The minimum absolute atomic E-state index is 0.148. The molecule has 0 saturated heterocycles. The van der Waals surface area contributed by atoms with Crippen LogP contribution in [0.1, 0.15) is 19.3 Å². The molecule has 4 N–H and O–H groups in total. The van der Waals surface area contributed by atoms with Crippen LogP contribution in [0.3, 0.4) is 0 Å². The fourth-order valence-electron chi connectivity index (χ4n) is 1.62. The highest BCUT2D eigenvalue weighted by molar-refractivity contribution is 14.1. The first-order valence-corrected chi connectivity index (χ1v) is 9.32. The van der Waals surface area contributed by atoms with E-state index in [9.17, 15) is 14.4 Å². The van der Waals surface area contributed by atoms with Crippen LogP contribution in [-0.2, 0) is 9.59 Å². The molecule has 0 heterocycles. The van der Waals surface area contributed by atoms with Crippen LogP contribution in [0.25, 0.3) is 0 Å². The summed E-state index contributed by atoms with van der Waals surface area (Å²) in [6.45, 7) is 1.61. The van der Waals surface area contributed by atoms with Gasteiger partial charge in [0.25, 0.3) is 3.91 Å². The summed E-state index contributed by atoms with van der Waals surface area (Å²) in [5.41, 5.74) is 0. The molecule has 0 aliphatic rings. The molecule has 0 saturated carbocycles. The van der Waals surface area contributed by atoms with Gasteiger partial charge in [0.2, 0.25) is 11.8 Å². The Kier molecular flexibility index (Phi) is 13.4. The lowest BCUT2D eigenvalue weighted by Gasteiger charge is -2.18. The van der Waals surface area contributed by atoms with Gasteiger partial charge in [-0.3, -0.25) is 14.4 Å². The maximum Gasteiger partial charge on any atom is 0.280 e. The maximum atomic E-state index is 12.0. The van der Waals surface area contributed by atoms with Gasteiger partial charge in [0.05, 0.1) is 4.43 Å². The van der Waals surface area contributed by atoms with Gasteiger partial charge in [-0.05, 0) is 32.9 Å². The minimum atomic E-state index is -0.514. The molecule has 3 amide bonds. The molecule has 1 atom stereocenters. The zero-order valence-corrected chi connectivity index (χ0v) is 16.3. The second-order valence-electron chi connectivity index (χ2n) is 4.34. The lowest BCUT2D eigenvalue weighted by Crippen LogP contribution is -2.48. The summed E-state index contributed by atoms with van der Waals surface area (Å²) in [6, 6.07) is -0.514. The number of amides is 3. The van der Waals surface area contributed by atoms with Crippen molar-refractivity contribution in [1.29, 1.82) is 0 Å². The molecule has 0 aliphatic heterocycles. The van der Waals surface area contributed by atoms with Gasteiger partial charge in [0.1, 0.15) is 6.04 Å². The molecular weight excluding hydrogens is 502 g/mol. The third-order valence-electron chi connectivity index (χ3n) is 2.63. The molecule has 21 heavy (non-hydrogen) atoms. The molecule has 0 aromatic heterocycles. The third-order valence-corrected chi connectivity index (χ3v) is 3.71. The van der Waals surface area contributed by atoms with Crippen molar-refractivity contribution in [1.82, 2.24) is 21.3 Å². The summed E-state index contributed by atoms with van der Waals surface area (Å²) in [4.78, 5) is 34.2. The SMILES string of the molecule is CNCCCC[C@@H](NC(=O)CI)C(=O)NCCNC(=O)I. The Labute approximate surface area is 152 Å². The number of carbonyl (C=O) groups excluding carboxylic acids is 3. The Morgan fingerprint density at radius 1 is 1.05 bits per heavy atom. The van der Waals surface area contributed by atoms with Crippen LogP contribution in [0.2, 0.25) is 0 Å². The molecule has 0 rings (SSSR count). The Bertz CT molecular complexity index is 342. The number of carbonyl (C=O) groups is 3. The predicted octanol–water partition coefficient (Wildman–Crippen LogP) is 0.557. The molecule has 0 aliphatic carbocycles. The van der Waals surface area contributed by atoms with Crippen LogP contribution in [0, 0.1) is 0 Å². The molecule has 0 aromatic carbocycles.